The second-order valence-electron chi connectivity index (χ2n) is 4.15. The van der Waals surface area contributed by atoms with Crippen LogP contribution in [-0.4, -0.2) is 34.8 Å². The molecule has 0 aliphatic heterocycles. The highest BCUT2D eigenvalue weighted by Gasteiger charge is 2.04. The molecule has 2 aromatic rings. The molecule has 102 valence electrons. The van der Waals surface area contributed by atoms with Crippen LogP contribution in [0.5, 0.6) is 0 Å². The Labute approximate surface area is 111 Å². The van der Waals surface area contributed by atoms with Crippen LogP contribution in [0, 0.1) is 5.82 Å². The quantitative estimate of drug-likeness (QED) is 0.764. The van der Waals surface area contributed by atoms with Gasteiger partial charge in [-0.15, -0.1) is 0 Å². The van der Waals surface area contributed by atoms with Crippen molar-refractivity contribution in [2.75, 3.05) is 20.3 Å². The summed E-state index contributed by atoms with van der Waals surface area (Å²) in [5.41, 5.74) is 0.816. The van der Waals surface area contributed by atoms with E-state index in [0.717, 1.165) is 17.9 Å². The minimum absolute atomic E-state index is 0.322. The average molecular weight is 264 g/mol. The first-order valence-corrected chi connectivity index (χ1v) is 6.08. The van der Waals surface area contributed by atoms with Crippen LogP contribution < -0.4 is 5.32 Å². The van der Waals surface area contributed by atoms with Crippen molar-refractivity contribution in [3.05, 3.63) is 48.1 Å². The van der Waals surface area contributed by atoms with Gasteiger partial charge >= 0.3 is 0 Å². The number of pyridine rings is 1. The van der Waals surface area contributed by atoms with Gasteiger partial charge in [0.05, 0.1) is 25.9 Å². The number of halogens is 1. The van der Waals surface area contributed by atoms with Gasteiger partial charge in [-0.3, -0.25) is 4.98 Å². The molecule has 0 radical (unpaired) electrons. The van der Waals surface area contributed by atoms with E-state index in [1.807, 2.05) is 10.8 Å². The summed E-state index contributed by atoms with van der Waals surface area (Å²) in [6, 6.07) is 1.48. The fraction of sp³-hybridized carbons (Fsp3) is 0.385. The maximum absolute atomic E-state index is 13.1. The van der Waals surface area contributed by atoms with E-state index in [9.17, 15) is 4.39 Å². The molecule has 1 N–H and O–H groups in total. The van der Waals surface area contributed by atoms with Gasteiger partial charge in [0.2, 0.25) is 0 Å². The van der Waals surface area contributed by atoms with Crippen molar-refractivity contribution in [1.82, 2.24) is 19.9 Å². The maximum atomic E-state index is 13.1. The summed E-state index contributed by atoms with van der Waals surface area (Å²) in [4.78, 5) is 8.12. The Bertz CT molecular complexity index is 515. The number of hydrogen-bond acceptors (Lipinski definition) is 4. The van der Waals surface area contributed by atoms with Gasteiger partial charge in [-0.25, -0.2) is 9.37 Å². The largest absolute Gasteiger partial charge is 0.383 e. The van der Waals surface area contributed by atoms with E-state index in [2.05, 4.69) is 15.3 Å². The minimum atomic E-state index is -0.322. The number of methoxy groups -OCH3 is 1. The number of rotatable bonds is 7. The second-order valence-corrected chi connectivity index (χ2v) is 4.15. The number of nitrogens with zero attached hydrogens (tertiary/aromatic N) is 3. The van der Waals surface area contributed by atoms with Gasteiger partial charge in [-0.05, 0) is 11.6 Å². The third kappa shape index (κ3) is 4.11. The van der Waals surface area contributed by atoms with Crippen molar-refractivity contribution >= 4 is 0 Å². The monoisotopic (exact) mass is 264 g/mol. The Kier molecular flexibility index (Phi) is 5.00. The molecule has 5 nitrogen and oxygen atoms in total. The fourth-order valence-electron chi connectivity index (χ4n) is 1.76. The summed E-state index contributed by atoms with van der Waals surface area (Å²) < 4.78 is 20.0. The molecule has 0 bridgehead atoms. The van der Waals surface area contributed by atoms with Crippen LogP contribution in [0.3, 0.4) is 0 Å². The molecule has 0 saturated heterocycles. The SMILES string of the molecule is COCCNCc1nccn1Cc1cncc(F)c1. The first kappa shape index (κ1) is 13.6. The number of imidazole rings is 1. The standard InChI is InChI=1S/C13H17FN4O/c1-19-5-3-15-9-13-17-2-4-18(13)10-11-6-12(14)8-16-7-11/h2,4,6-8,15H,3,5,9-10H2,1H3. The Morgan fingerprint density at radius 3 is 3.11 bits per heavy atom. The number of hydrogen-bond donors (Lipinski definition) is 1. The second kappa shape index (κ2) is 6.96. The minimum Gasteiger partial charge on any atom is -0.383 e. The molecule has 0 unspecified atom stereocenters. The van der Waals surface area contributed by atoms with Gasteiger partial charge in [0.1, 0.15) is 11.6 Å². The molecule has 19 heavy (non-hydrogen) atoms. The Morgan fingerprint density at radius 1 is 1.42 bits per heavy atom. The molecule has 0 fully saturated rings. The van der Waals surface area contributed by atoms with Gasteiger partial charge in [0.15, 0.2) is 0 Å². The van der Waals surface area contributed by atoms with Crippen LogP contribution >= 0.6 is 0 Å². The molecular weight excluding hydrogens is 247 g/mol. The van der Waals surface area contributed by atoms with Crippen LogP contribution in [0.1, 0.15) is 11.4 Å². The molecule has 0 aromatic carbocycles. The number of ether oxygens (including phenoxy) is 1. The van der Waals surface area contributed by atoms with Crippen LogP contribution in [-0.2, 0) is 17.8 Å². The lowest BCUT2D eigenvalue weighted by Gasteiger charge is -2.08. The maximum Gasteiger partial charge on any atom is 0.141 e. The molecule has 6 heteroatoms. The molecule has 2 rings (SSSR count). The lowest BCUT2D eigenvalue weighted by Crippen LogP contribution is -2.21. The summed E-state index contributed by atoms with van der Waals surface area (Å²) in [6.07, 6.45) is 6.47. The molecule has 0 spiro atoms. The van der Waals surface area contributed by atoms with Crippen molar-refractivity contribution in [2.45, 2.75) is 13.1 Å². The smallest absolute Gasteiger partial charge is 0.141 e. The van der Waals surface area contributed by atoms with Gasteiger partial charge in [0.25, 0.3) is 0 Å². The van der Waals surface area contributed by atoms with Crippen molar-refractivity contribution in [2.24, 2.45) is 0 Å². The summed E-state index contributed by atoms with van der Waals surface area (Å²) in [6.45, 7) is 2.64. The first-order valence-electron chi connectivity index (χ1n) is 6.08. The molecule has 2 heterocycles. The zero-order chi connectivity index (χ0) is 13.5. The normalized spacial score (nSPS) is 10.8. The lowest BCUT2D eigenvalue weighted by molar-refractivity contribution is 0.199. The summed E-state index contributed by atoms with van der Waals surface area (Å²) in [7, 11) is 1.67. The van der Waals surface area contributed by atoms with Crippen molar-refractivity contribution in [3.63, 3.8) is 0 Å². The van der Waals surface area contributed by atoms with E-state index >= 15 is 0 Å². The highest BCUT2D eigenvalue weighted by atomic mass is 19.1. The number of aromatic nitrogens is 3. The van der Waals surface area contributed by atoms with Crippen molar-refractivity contribution in [3.8, 4) is 0 Å². The molecular formula is C13H17FN4O. The van der Waals surface area contributed by atoms with Crippen molar-refractivity contribution < 1.29 is 9.13 Å². The first-order chi connectivity index (χ1) is 9.29. The Morgan fingerprint density at radius 2 is 2.32 bits per heavy atom. The van der Waals surface area contributed by atoms with E-state index in [1.165, 1.54) is 12.3 Å². The predicted octanol–water partition coefficient (Wildman–Crippen LogP) is 1.20. The predicted molar refractivity (Wildman–Crippen MR) is 69.1 cm³/mol. The van der Waals surface area contributed by atoms with E-state index in [0.29, 0.717) is 19.7 Å². The van der Waals surface area contributed by atoms with Gasteiger partial charge in [0, 0.05) is 32.2 Å². The van der Waals surface area contributed by atoms with Gasteiger partial charge in [-0.1, -0.05) is 0 Å². The van der Waals surface area contributed by atoms with E-state index < -0.39 is 0 Å². The van der Waals surface area contributed by atoms with Crippen LogP contribution in [0.25, 0.3) is 0 Å². The Hall–Kier alpha value is -1.79. The fourth-order valence-corrected chi connectivity index (χ4v) is 1.76. The van der Waals surface area contributed by atoms with Crippen LogP contribution in [0.2, 0.25) is 0 Å². The van der Waals surface area contributed by atoms with E-state index in [-0.39, 0.29) is 5.82 Å². The summed E-state index contributed by atoms with van der Waals surface area (Å²) in [5, 5.41) is 3.23. The summed E-state index contributed by atoms with van der Waals surface area (Å²) >= 11 is 0. The topological polar surface area (TPSA) is 52.0 Å². The van der Waals surface area contributed by atoms with Crippen LogP contribution in [0.4, 0.5) is 4.39 Å². The molecule has 0 atom stereocenters. The van der Waals surface area contributed by atoms with Gasteiger partial charge < -0.3 is 14.6 Å². The van der Waals surface area contributed by atoms with E-state index in [4.69, 9.17) is 4.74 Å². The summed E-state index contributed by atoms with van der Waals surface area (Å²) in [5.74, 6) is 0.581. The third-order valence-electron chi connectivity index (χ3n) is 2.68. The molecule has 0 saturated carbocycles. The third-order valence-corrected chi connectivity index (χ3v) is 2.68. The molecule has 0 aliphatic carbocycles. The molecule has 0 amide bonds. The van der Waals surface area contributed by atoms with Crippen molar-refractivity contribution in [1.29, 1.82) is 0 Å². The zero-order valence-corrected chi connectivity index (χ0v) is 10.8. The molecule has 2 aromatic heterocycles. The highest BCUT2D eigenvalue weighted by molar-refractivity contribution is 5.11. The van der Waals surface area contributed by atoms with E-state index in [1.54, 1.807) is 19.5 Å². The van der Waals surface area contributed by atoms with Gasteiger partial charge in [-0.2, -0.15) is 0 Å². The zero-order valence-electron chi connectivity index (χ0n) is 10.8. The Balaban J connectivity index is 1.95. The number of nitrogens with one attached hydrogen (secondary N) is 1. The van der Waals surface area contributed by atoms with Crippen LogP contribution in [0.15, 0.2) is 30.9 Å². The average Bonchev–Trinajstić information content (AvgIpc) is 2.82. The molecule has 0 aliphatic rings. The lowest BCUT2D eigenvalue weighted by atomic mass is 10.3. The highest BCUT2D eigenvalue weighted by Crippen LogP contribution is 2.06.